The molecule has 0 fully saturated rings. The fourth-order valence-corrected chi connectivity index (χ4v) is 3.35. The molecule has 0 aromatic carbocycles. The van der Waals surface area contributed by atoms with Crippen LogP contribution in [-0.4, -0.2) is 25.3 Å². The van der Waals surface area contributed by atoms with E-state index in [9.17, 15) is 4.79 Å². The number of hydrogen-bond acceptors (Lipinski definition) is 5. The molecule has 7 heteroatoms. The van der Waals surface area contributed by atoms with Gasteiger partial charge in [-0.25, -0.2) is 0 Å². The van der Waals surface area contributed by atoms with Crippen molar-refractivity contribution in [1.82, 2.24) is 24.7 Å². The highest BCUT2D eigenvalue weighted by molar-refractivity contribution is 7.08. The van der Waals surface area contributed by atoms with Crippen LogP contribution in [0.1, 0.15) is 52.4 Å². The van der Waals surface area contributed by atoms with Crippen LogP contribution in [0.15, 0.2) is 6.20 Å². The van der Waals surface area contributed by atoms with Crippen molar-refractivity contribution in [1.29, 1.82) is 0 Å². The average Bonchev–Trinajstić information content (AvgIpc) is 3.06. The van der Waals surface area contributed by atoms with Gasteiger partial charge in [-0.3, -0.25) is 9.48 Å². The Hall–Kier alpha value is -1.76. The molecule has 1 aliphatic rings. The van der Waals surface area contributed by atoms with E-state index in [1.807, 2.05) is 24.9 Å². The molecular formula is C13H17N5OS. The molecule has 3 rings (SSSR count). The van der Waals surface area contributed by atoms with E-state index in [-0.39, 0.29) is 11.9 Å². The maximum Gasteiger partial charge on any atom is 0.265 e. The lowest BCUT2D eigenvalue weighted by Crippen LogP contribution is -2.31. The van der Waals surface area contributed by atoms with E-state index in [1.54, 1.807) is 0 Å². The van der Waals surface area contributed by atoms with Crippen molar-refractivity contribution in [3.63, 3.8) is 0 Å². The highest BCUT2D eigenvalue weighted by atomic mass is 32.1. The molecule has 6 nitrogen and oxygen atoms in total. The lowest BCUT2D eigenvalue weighted by atomic mass is 9.93. The SMILES string of the molecule is CCc1nnsc1C(=O)NC1CCCc2c1cnn2C. The van der Waals surface area contributed by atoms with E-state index in [0.29, 0.717) is 4.88 Å². The molecule has 2 aromatic rings. The number of carbonyl (C=O) groups excluding carboxylic acids is 1. The Bertz CT molecular complexity index is 632. The Morgan fingerprint density at radius 3 is 3.25 bits per heavy atom. The number of nitrogens with zero attached hydrogens (tertiary/aromatic N) is 4. The molecule has 0 aliphatic heterocycles. The first-order valence-electron chi connectivity index (χ1n) is 6.83. The minimum absolute atomic E-state index is 0.0479. The Morgan fingerprint density at radius 1 is 1.60 bits per heavy atom. The van der Waals surface area contributed by atoms with Gasteiger partial charge in [0.2, 0.25) is 0 Å². The molecule has 2 aromatic heterocycles. The number of carbonyl (C=O) groups is 1. The fourth-order valence-electron chi connectivity index (χ4n) is 2.69. The van der Waals surface area contributed by atoms with Gasteiger partial charge in [-0.1, -0.05) is 11.4 Å². The summed E-state index contributed by atoms with van der Waals surface area (Å²) in [5, 5.41) is 11.4. The van der Waals surface area contributed by atoms with Gasteiger partial charge in [0.05, 0.1) is 17.9 Å². The minimum Gasteiger partial charge on any atom is -0.344 e. The molecule has 0 saturated heterocycles. The summed E-state index contributed by atoms with van der Waals surface area (Å²) in [7, 11) is 1.95. The molecule has 1 N–H and O–H groups in total. The summed E-state index contributed by atoms with van der Waals surface area (Å²) in [6.45, 7) is 1.98. The van der Waals surface area contributed by atoms with Crippen LogP contribution in [-0.2, 0) is 19.9 Å². The number of nitrogens with one attached hydrogen (secondary N) is 1. The molecule has 0 saturated carbocycles. The maximum absolute atomic E-state index is 12.4. The number of hydrogen-bond donors (Lipinski definition) is 1. The van der Waals surface area contributed by atoms with Crippen LogP contribution < -0.4 is 5.32 Å². The van der Waals surface area contributed by atoms with Gasteiger partial charge in [-0.15, -0.1) is 5.10 Å². The zero-order chi connectivity index (χ0) is 14.1. The van der Waals surface area contributed by atoms with Crippen LogP contribution >= 0.6 is 11.5 Å². The van der Waals surface area contributed by atoms with Gasteiger partial charge < -0.3 is 5.32 Å². The molecular weight excluding hydrogens is 274 g/mol. The molecule has 1 amide bonds. The zero-order valence-corrected chi connectivity index (χ0v) is 12.4. The number of amides is 1. The van der Waals surface area contributed by atoms with E-state index in [0.717, 1.165) is 48.5 Å². The molecule has 0 radical (unpaired) electrons. The first kappa shape index (κ1) is 13.2. The van der Waals surface area contributed by atoms with Gasteiger partial charge in [-0.05, 0) is 37.2 Å². The highest BCUT2D eigenvalue weighted by Gasteiger charge is 2.26. The molecule has 0 bridgehead atoms. The molecule has 106 valence electrons. The predicted molar refractivity (Wildman–Crippen MR) is 75.6 cm³/mol. The van der Waals surface area contributed by atoms with Crippen molar-refractivity contribution in [2.75, 3.05) is 0 Å². The van der Waals surface area contributed by atoms with Gasteiger partial charge in [0.15, 0.2) is 0 Å². The third-order valence-electron chi connectivity index (χ3n) is 3.78. The van der Waals surface area contributed by atoms with Gasteiger partial charge in [0.1, 0.15) is 4.88 Å². The van der Waals surface area contributed by atoms with Crippen LogP contribution in [0.25, 0.3) is 0 Å². The Kier molecular flexibility index (Phi) is 3.52. The van der Waals surface area contributed by atoms with Crippen LogP contribution in [0.2, 0.25) is 0 Å². The van der Waals surface area contributed by atoms with E-state index in [4.69, 9.17) is 0 Å². The summed E-state index contributed by atoms with van der Waals surface area (Å²) in [5.41, 5.74) is 3.14. The molecule has 1 atom stereocenters. The van der Waals surface area contributed by atoms with E-state index >= 15 is 0 Å². The Labute approximate surface area is 121 Å². The molecule has 20 heavy (non-hydrogen) atoms. The zero-order valence-electron chi connectivity index (χ0n) is 11.6. The largest absolute Gasteiger partial charge is 0.344 e. The molecule has 2 heterocycles. The average molecular weight is 291 g/mol. The first-order valence-corrected chi connectivity index (χ1v) is 7.61. The number of rotatable bonds is 3. The molecule has 0 spiro atoms. The van der Waals surface area contributed by atoms with Gasteiger partial charge >= 0.3 is 0 Å². The maximum atomic E-state index is 12.4. The van der Waals surface area contributed by atoms with E-state index < -0.39 is 0 Å². The summed E-state index contributed by atoms with van der Waals surface area (Å²) < 4.78 is 5.77. The minimum atomic E-state index is -0.0708. The van der Waals surface area contributed by atoms with Crippen LogP contribution in [0.3, 0.4) is 0 Å². The number of aromatic nitrogens is 4. The van der Waals surface area contributed by atoms with Crippen molar-refractivity contribution < 1.29 is 4.79 Å². The third-order valence-corrected chi connectivity index (χ3v) is 4.54. The van der Waals surface area contributed by atoms with Crippen molar-refractivity contribution in [2.45, 2.75) is 38.6 Å². The third kappa shape index (κ3) is 2.22. The van der Waals surface area contributed by atoms with Crippen molar-refractivity contribution >= 4 is 17.4 Å². The lowest BCUT2D eigenvalue weighted by molar-refractivity contribution is 0.0935. The summed E-state index contributed by atoms with van der Waals surface area (Å²) in [5.74, 6) is -0.0708. The second kappa shape index (κ2) is 5.32. The standard InChI is InChI=1S/C13H17N5OS/c1-3-9-12(20-17-16-9)13(19)15-10-5-4-6-11-8(10)7-14-18(11)2/h7,10H,3-6H2,1-2H3,(H,15,19). The monoisotopic (exact) mass is 291 g/mol. The van der Waals surface area contributed by atoms with Crippen LogP contribution in [0, 0.1) is 0 Å². The summed E-state index contributed by atoms with van der Waals surface area (Å²) in [6, 6.07) is 0.0479. The second-order valence-corrected chi connectivity index (χ2v) is 5.74. The van der Waals surface area contributed by atoms with Gasteiger partial charge in [-0.2, -0.15) is 5.10 Å². The highest BCUT2D eigenvalue weighted by Crippen LogP contribution is 2.29. The summed E-state index contributed by atoms with van der Waals surface area (Å²) in [6.07, 6.45) is 5.64. The normalized spacial score (nSPS) is 17.8. The molecule has 1 aliphatic carbocycles. The quantitative estimate of drug-likeness (QED) is 0.933. The van der Waals surface area contributed by atoms with Crippen molar-refractivity contribution in [3.8, 4) is 0 Å². The van der Waals surface area contributed by atoms with Crippen molar-refractivity contribution in [2.24, 2.45) is 7.05 Å². The van der Waals surface area contributed by atoms with E-state index in [2.05, 4.69) is 20.0 Å². The van der Waals surface area contributed by atoms with Crippen molar-refractivity contribution in [3.05, 3.63) is 28.0 Å². The topological polar surface area (TPSA) is 72.7 Å². The summed E-state index contributed by atoms with van der Waals surface area (Å²) in [4.78, 5) is 13.0. The van der Waals surface area contributed by atoms with Gasteiger partial charge in [0.25, 0.3) is 5.91 Å². The fraction of sp³-hybridized carbons (Fsp3) is 0.538. The smallest absolute Gasteiger partial charge is 0.265 e. The van der Waals surface area contributed by atoms with Crippen LogP contribution in [0.4, 0.5) is 0 Å². The number of aryl methyl sites for hydroxylation is 2. The first-order chi connectivity index (χ1) is 9.70. The Morgan fingerprint density at radius 2 is 2.45 bits per heavy atom. The molecule has 1 unspecified atom stereocenters. The van der Waals surface area contributed by atoms with Crippen LogP contribution in [0.5, 0.6) is 0 Å². The Balaban J connectivity index is 1.81. The van der Waals surface area contributed by atoms with E-state index in [1.165, 1.54) is 5.69 Å². The number of fused-ring (bicyclic) bond motifs is 1. The predicted octanol–water partition coefficient (Wildman–Crippen LogP) is 1.64. The lowest BCUT2D eigenvalue weighted by Gasteiger charge is -2.23. The summed E-state index contributed by atoms with van der Waals surface area (Å²) >= 11 is 1.16. The second-order valence-electron chi connectivity index (χ2n) is 4.99. The van der Waals surface area contributed by atoms with Gasteiger partial charge in [0, 0.05) is 18.3 Å².